The number of rotatable bonds is 5. The van der Waals surface area contributed by atoms with Crippen molar-refractivity contribution in [3.05, 3.63) is 35.4 Å². The minimum absolute atomic E-state index is 0.584. The Kier molecular flexibility index (Phi) is 4.01. The first kappa shape index (κ1) is 10.9. The molecule has 0 saturated carbocycles. The van der Waals surface area contributed by atoms with Crippen LogP contribution in [0.5, 0.6) is 0 Å². The molecule has 0 bridgehead atoms. The zero-order chi connectivity index (χ0) is 10.5. The fourth-order valence-corrected chi connectivity index (χ4v) is 2.02. The summed E-state index contributed by atoms with van der Waals surface area (Å²) in [5.41, 5.74) is 2.91. The van der Waals surface area contributed by atoms with E-state index in [9.17, 15) is 0 Å². The molecule has 1 aromatic rings. The summed E-state index contributed by atoms with van der Waals surface area (Å²) in [4.78, 5) is 2.40. The van der Waals surface area contributed by atoms with Gasteiger partial charge in [0.05, 0.1) is 13.2 Å². The third-order valence-electron chi connectivity index (χ3n) is 2.68. The van der Waals surface area contributed by atoms with Gasteiger partial charge in [-0.2, -0.15) is 0 Å². The van der Waals surface area contributed by atoms with E-state index in [1.807, 2.05) is 0 Å². The summed E-state index contributed by atoms with van der Waals surface area (Å²) in [5.74, 6) is 0.584. The van der Waals surface area contributed by atoms with Gasteiger partial charge in [-0.05, 0) is 11.1 Å². The van der Waals surface area contributed by atoms with Crippen LogP contribution in [-0.2, 0) is 17.8 Å². The van der Waals surface area contributed by atoms with Crippen molar-refractivity contribution in [2.45, 2.75) is 13.1 Å². The van der Waals surface area contributed by atoms with Crippen molar-refractivity contribution >= 4 is 11.6 Å². The van der Waals surface area contributed by atoms with E-state index in [1.165, 1.54) is 11.1 Å². The summed E-state index contributed by atoms with van der Waals surface area (Å²) >= 11 is 5.53. The molecule has 0 N–H and O–H groups in total. The molecule has 1 aliphatic heterocycles. The highest BCUT2D eigenvalue weighted by Gasteiger charge is 2.17. The largest absolute Gasteiger partial charge is 0.379 e. The Labute approximate surface area is 95.8 Å². The Bertz CT molecular complexity index is 291. The minimum Gasteiger partial charge on any atom is -0.379 e. The molecule has 2 rings (SSSR count). The Balaban J connectivity index is 1.76. The number of halogens is 1. The van der Waals surface area contributed by atoms with Crippen LogP contribution in [0.4, 0.5) is 0 Å². The first-order valence-electron chi connectivity index (χ1n) is 5.33. The fourth-order valence-electron chi connectivity index (χ4n) is 1.91. The van der Waals surface area contributed by atoms with Crippen molar-refractivity contribution in [1.82, 2.24) is 4.90 Å². The van der Waals surface area contributed by atoms with E-state index in [0.717, 1.165) is 26.2 Å². The first-order valence-corrected chi connectivity index (χ1v) is 5.86. The van der Waals surface area contributed by atoms with E-state index in [2.05, 4.69) is 29.2 Å². The molecule has 3 heteroatoms. The molecule has 0 aromatic heterocycles. The van der Waals surface area contributed by atoms with Crippen molar-refractivity contribution in [2.75, 3.05) is 25.6 Å². The number of fused-ring (bicyclic) bond motifs is 1. The van der Waals surface area contributed by atoms with E-state index in [-0.39, 0.29) is 0 Å². The van der Waals surface area contributed by atoms with Gasteiger partial charge in [0.25, 0.3) is 0 Å². The van der Waals surface area contributed by atoms with E-state index < -0.39 is 0 Å². The normalized spacial score (nSPS) is 15.5. The summed E-state index contributed by atoms with van der Waals surface area (Å²) in [6.07, 6.45) is 0. The molecule has 0 unspecified atom stereocenters. The highest BCUT2D eigenvalue weighted by atomic mass is 35.5. The molecular formula is C12H16ClNO. The standard InChI is InChI=1S/C12H16ClNO/c13-5-7-15-8-6-14-9-11-3-1-2-4-12(11)10-14/h1-4H,5-10H2. The predicted octanol–water partition coefficient (Wildman–Crippen LogP) is 2.26. The van der Waals surface area contributed by atoms with Crippen LogP contribution in [0.3, 0.4) is 0 Å². The lowest BCUT2D eigenvalue weighted by Crippen LogP contribution is -2.22. The minimum atomic E-state index is 0.584. The van der Waals surface area contributed by atoms with Crippen molar-refractivity contribution < 1.29 is 4.74 Å². The number of nitrogens with zero attached hydrogens (tertiary/aromatic N) is 1. The van der Waals surface area contributed by atoms with Crippen LogP contribution in [0.2, 0.25) is 0 Å². The van der Waals surface area contributed by atoms with Crippen LogP contribution < -0.4 is 0 Å². The van der Waals surface area contributed by atoms with Gasteiger partial charge in [0, 0.05) is 25.5 Å². The Morgan fingerprint density at radius 3 is 2.40 bits per heavy atom. The summed E-state index contributed by atoms with van der Waals surface area (Å²) < 4.78 is 5.37. The van der Waals surface area contributed by atoms with Crippen LogP contribution in [-0.4, -0.2) is 30.5 Å². The molecule has 82 valence electrons. The maximum absolute atomic E-state index is 5.53. The van der Waals surface area contributed by atoms with Crippen LogP contribution in [0.1, 0.15) is 11.1 Å². The molecule has 1 heterocycles. The second-order valence-corrected chi connectivity index (χ2v) is 4.16. The van der Waals surface area contributed by atoms with E-state index in [1.54, 1.807) is 0 Å². The topological polar surface area (TPSA) is 12.5 Å². The third-order valence-corrected chi connectivity index (χ3v) is 2.83. The average molecular weight is 226 g/mol. The SMILES string of the molecule is ClCCOCCN1Cc2ccccc2C1. The molecule has 0 saturated heterocycles. The maximum Gasteiger partial charge on any atom is 0.0602 e. The van der Waals surface area contributed by atoms with Crippen LogP contribution in [0.15, 0.2) is 24.3 Å². The lowest BCUT2D eigenvalue weighted by molar-refractivity contribution is 0.114. The number of alkyl halides is 1. The zero-order valence-corrected chi connectivity index (χ0v) is 9.54. The summed E-state index contributed by atoms with van der Waals surface area (Å²) in [7, 11) is 0. The predicted molar refractivity (Wildman–Crippen MR) is 62.1 cm³/mol. The number of hydrogen-bond acceptors (Lipinski definition) is 2. The molecule has 15 heavy (non-hydrogen) atoms. The first-order chi connectivity index (χ1) is 7.40. The van der Waals surface area contributed by atoms with Gasteiger partial charge in [-0.25, -0.2) is 0 Å². The molecule has 2 nitrogen and oxygen atoms in total. The zero-order valence-electron chi connectivity index (χ0n) is 8.79. The smallest absolute Gasteiger partial charge is 0.0602 e. The Morgan fingerprint density at radius 2 is 1.80 bits per heavy atom. The molecule has 1 aromatic carbocycles. The molecule has 0 radical (unpaired) electrons. The van der Waals surface area contributed by atoms with E-state index in [0.29, 0.717) is 12.5 Å². The number of ether oxygens (including phenoxy) is 1. The van der Waals surface area contributed by atoms with Crippen molar-refractivity contribution in [3.8, 4) is 0 Å². The van der Waals surface area contributed by atoms with Crippen LogP contribution >= 0.6 is 11.6 Å². The molecular weight excluding hydrogens is 210 g/mol. The summed E-state index contributed by atoms with van der Waals surface area (Å²) in [5, 5.41) is 0. The van der Waals surface area contributed by atoms with Crippen molar-refractivity contribution in [2.24, 2.45) is 0 Å². The van der Waals surface area contributed by atoms with E-state index >= 15 is 0 Å². The van der Waals surface area contributed by atoms with Crippen molar-refractivity contribution in [1.29, 1.82) is 0 Å². The van der Waals surface area contributed by atoms with Gasteiger partial charge < -0.3 is 4.74 Å². The molecule has 0 aliphatic carbocycles. The van der Waals surface area contributed by atoms with Gasteiger partial charge in [-0.3, -0.25) is 4.90 Å². The van der Waals surface area contributed by atoms with Gasteiger partial charge in [0.2, 0.25) is 0 Å². The van der Waals surface area contributed by atoms with Gasteiger partial charge in [-0.1, -0.05) is 24.3 Å². The number of hydrogen-bond donors (Lipinski definition) is 0. The van der Waals surface area contributed by atoms with Gasteiger partial charge >= 0.3 is 0 Å². The Morgan fingerprint density at radius 1 is 1.13 bits per heavy atom. The fraction of sp³-hybridized carbons (Fsp3) is 0.500. The van der Waals surface area contributed by atoms with E-state index in [4.69, 9.17) is 16.3 Å². The molecule has 0 atom stereocenters. The average Bonchev–Trinajstić information content (AvgIpc) is 2.67. The number of benzene rings is 1. The molecule has 0 amide bonds. The highest BCUT2D eigenvalue weighted by molar-refractivity contribution is 6.17. The van der Waals surface area contributed by atoms with Gasteiger partial charge in [0.1, 0.15) is 0 Å². The maximum atomic E-state index is 5.53. The molecule has 1 aliphatic rings. The van der Waals surface area contributed by atoms with Gasteiger partial charge in [0.15, 0.2) is 0 Å². The molecule has 0 spiro atoms. The Hall–Kier alpha value is -0.570. The monoisotopic (exact) mass is 225 g/mol. The molecule has 0 fully saturated rings. The third kappa shape index (κ3) is 2.94. The lowest BCUT2D eigenvalue weighted by atomic mass is 10.1. The summed E-state index contributed by atoms with van der Waals surface area (Å²) in [6.45, 7) is 4.54. The van der Waals surface area contributed by atoms with Crippen LogP contribution in [0, 0.1) is 0 Å². The lowest BCUT2D eigenvalue weighted by Gasteiger charge is -2.14. The van der Waals surface area contributed by atoms with Gasteiger partial charge in [-0.15, -0.1) is 11.6 Å². The van der Waals surface area contributed by atoms with Crippen LogP contribution in [0.25, 0.3) is 0 Å². The quantitative estimate of drug-likeness (QED) is 0.563. The highest BCUT2D eigenvalue weighted by Crippen LogP contribution is 2.21. The van der Waals surface area contributed by atoms with Crippen molar-refractivity contribution in [3.63, 3.8) is 0 Å². The summed E-state index contributed by atoms with van der Waals surface area (Å²) in [6, 6.07) is 8.61. The second kappa shape index (κ2) is 5.50. The second-order valence-electron chi connectivity index (χ2n) is 3.78.